The Morgan fingerprint density at radius 2 is 0.548 bits per heavy atom. The third-order valence-corrected chi connectivity index (χ3v) is 8.02. The molecule has 5 rings (SSSR count). The Kier molecular flexibility index (Phi) is 9.82. The van der Waals surface area contributed by atoms with Gasteiger partial charge in [0.1, 0.15) is 34.5 Å². The van der Waals surface area contributed by atoms with Crippen LogP contribution in [-0.2, 0) is 0 Å². The minimum atomic E-state index is -1.80. The molecular weight excluding hydrogens is 566 g/mol. The van der Waals surface area contributed by atoms with Gasteiger partial charge in [0, 0.05) is 0 Å². The van der Waals surface area contributed by atoms with Crippen LogP contribution in [0.4, 0.5) is 0 Å². The van der Waals surface area contributed by atoms with E-state index in [9.17, 15) is 0 Å². The summed E-state index contributed by atoms with van der Waals surface area (Å²) in [6.07, 6.45) is 0. The Morgan fingerprint density at radius 1 is 0.310 bits per heavy atom. The topological polar surface area (TPSA) is 55.4 Å². The summed E-state index contributed by atoms with van der Waals surface area (Å²) in [4.78, 5) is 0. The van der Waals surface area contributed by atoms with E-state index < -0.39 is 17.2 Å². The molecule has 0 spiro atoms. The first-order valence-electron chi connectivity index (χ1n) is 13.4. The molecule has 6 nitrogen and oxygen atoms in total. The smallest absolute Gasteiger partial charge is 0.409 e. The van der Waals surface area contributed by atoms with E-state index in [2.05, 4.69) is 0 Å². The Bertz CT molecular complexity index is 1390. The first kappa shape index (κ1) is 29.3. The van der Waals surface area contributed by atoms with Gasteiger partial charge in [-0.05, 0) is 123 Å². The predicted octanol–water partition coefficient (Wildman–Crippen LogP) is 10.4. The number of hydrogen-bond donors (Lipinski definition) is 0. The maximum atomic E-state index is 6.19. The molecule has 5 aromatic carbocycles. The van der Waals surface area contributed by atoms with Crippen LogP contribution in [0.15, 0.2) is 121 Å². The van der Waals surface area contributed by atoms with Crippen molar-refractivity contribution in [2.24, 2.45) is 0 Å². The summed E-state index contributed by atoms with van der Waals surface area (Å²) in [5.74, 6) is 3.80. The van der Waals surface area contributed by atoms with Crippen molar-refractivity contribution >= 4 is 17.2 Å². The SMILES string of the molecule is Cc1cccc(OP(Oc2ccc(OP(Oc3cccc(C)c3)Oc3cccc(C)c3)cc2)Oc2cccc(C)c2)c1. The summed E-state index contributed by atoms with van der Waals surface area (Å²) in [6.45, 7) is 8.04. The number of aryl methyl sites for hydroxylation is 4. The number of rotatable bonds is 12. The molecule has 0 saturated carbocycles. The average molecular weight is 599 g/mol. The molecule has 0 aliphatic carbocycles. The summed E-state index contributed by atoms with van der Waals surface area (Å²) >= 11 is 0. The molecule has 0 unspecified atom stereocenters. The third-order valence-electron chi connectivity index (χ3n) is 5.86. The Balaban J connectivity index is 1.31. The molecule has 0 heterocycles. The lowest BCUT2D eigenvalue weighted by Crippen LogP contribution is -2.03. The Labute approximate surface area is 249 Å². The van der Waals surface area contributed by atoms with E-state index in [0.717, 1.165) is 22.3 Å². The van der Waals surface area contributed by atoms with Crippen molar-refractivity contribution in [2.75, 3.05) is 0 Å². The van der Waals surface area contributed by atoms with Gasteiger partial charge in [-0.15, -0.1) is 0 Å². The lowest BCUT2D eigenvalue weighted by atomic mass is 10.2. The summed E-state index contributed by atoms with van der Waals surface area (Å²) in [5.41, 5.74) is 4.32. The van der Waals surface area contributed by atoms with Gasteiger partial charge >= 0.3 is 17.2 Å². The summed E-state index contributed by atoms with van der Waals surface area (Å²) in [5, 5.41) is 0. The van der Waals surface area contributed by atoms with E-state index >= 15 is 0 Å². The van der Waals surface area contributed by atoms with E-state index in [1.807, 2.05) is 125 Å². The van der Waals surface area contributed by atoms with E-state index in [1.165, 1.54) is 0 Å². The monoisotopic (exact) mass is 598 g/mol. The molecule has 214 valence electrons. The van der Waals surface area contributed by atoms with Crippen molar-refractivity contribution in [3.8, 4) is 34.5 Å². The molecule has 0 amide bonds. The van der Waals surface area contributed by atoms with Gasteiger partial charge < -0.3 is 27.1 Å². The largest absolute Gasteiger partial charge is 0.530 e. The second-order valence-corrected chi connectivity index (χ2v) is 11.7. The zero-order valence-corrected chi connectivity index (χ0v) is 25.7. The lowest BCUT2D eigenvalue weighted by Gasteiger charge is -2.20. The van der Waals surface area contributed by atoms with Crippen molar-refractivity contribution in [1.82, 2.24) is 0 Å². The summed E-state index contributed by atoms with van der Waals surface area (Å²) in [6, 6.07) is 38.3. The van der Waals surface area contributed by atoms with Crippen LogP contribution < -0.4 is 27.1 Å². The maximum absolute atomic E-state index is 6.19. The standard InChI is InChI=1S/C34H32O6P2/c1-25-9-5-13-31(21-25)37-41(38-32-14-6-10-26(2)22-32)35-29-17-19-30(20-18-29)36-42(39-33-15-7-11-27(3)23-33)40-34-16-8-12-28(4)24-34/h5-24H,1-4H3. The summed E-state index contributed by atoms with van der Waals surface area (Å²) in [7, 11) is -3.60. The van der Waals surface area contributed by atoms with Crippen molar-refractivity contribution < 1.29 is 27.1 Å². The fraction of sp³-hybridized carbons (Fsp3) is 0.118. The van der Waals surface area contributed by atoms with Gasteiger partial charge in [-0.3, -0.25) is 0 Å². The van der Waals surface area contributed by atoms with Gasteiger partial charge in [-0.2, -0.15) is 0 Å². The number of benzene rings is 5. The highest BCUT2D eigenvalue weighted by Crippen LogP contribution is 2.45. The Hall–Kier alpha value is -4.24. The molecule has 5 aromatic rings. The van der Waals surface area contributed by atoms with E-state index in [-0.39, 0.29) is 0 Å². The first-order chi connectivity index (χ1) is 20.4. The number of hydrogen-bond acceptors (Lipinski definition) is 6. The quantitative estimate of drug-likeness (QED) is 0.133. The van der Waals surface area contributed by atoms with Crippen LogP contribution in [0.2, 0.25) is 0 Å². The molecule has 0 aliphatic rings. The van der Waals surface area contributed by atoms with Gasteiger partial charge in [0.2, 0.25) is 0 Å². The van der Waals surface area contributed by atoms with Gasteiger partial charge in [0.15, 0.2) is 0 Å². The zero-order valence-electron chi connectivity index (χ0n) is 23.9. The van der Waals surface area contributed by atoms with Gasteiger partial charge in [-0.25, -0.2) is 0 Å². The van der Waals surface area contributed by atoms with Crippen molar-refractivity contribution in [3.05, 3.63) is 144 Å². The van der Waals surface area contributed by atoms with Crippen LogP contribution in [0.3, 0.4) is 0 Å². The highest BCUT2D eigenvalue weighted by Gasteiger charge is 2.22. The van der Waals surface area contributed by atoms with Gasteiger partial charge in [-0.1, -0.05) is 48.5 Å². The van der Waals surface area contributed by atoms with Gasteiger partial charge in [0.05, 0.1) is 0 Å². The molecule has 0 N–H and O–H groups in total. The van der Waals surface area contributed by atoms with Crippen LogP contribution in [0.1, 0.15) is 22.3 Å². The van der Waals surface area contributed by atoms with Crippen molar-refractivity contribution in [3.63, 3.8) is 0 Å². The molecule has 0 aromatic heterocycles. The second-order valence-electron chi connectivity index (χ2n) is 9.73. The van der Waals surface area contributed by atoms with E-state index in [1.54, 1.807) is 24.3 Å². The van der Waals surface area contributed by atoms with Crippen LogP contribution in [0.25, 0.3) is 0 Å². The molecule has 0 fully saturated rings. The molecule has 42 heavy (non-hydrogen) atoms. The molecule has 0 radical (unpaired) electrons. The van der Waals surface area contributed by atoms with Gasteiger partial charge in [0.25, 0.3) is 0 Å². The molecular formula is C34H32O6P2. The minimum absolute atomic E-state index is 0.567. The normalized spacial score (nSPS) is 10.8. The average Bonchev–Trinajstić information content (AvgIpc) is 2.94. The molecule has 0 bridgehead atoms. The molecule has 0 saturated heterocycles. The minimum Gasteiger partial charge on any atom is -0.409 e. The fourth-order valence-electron chi connectivity index (χ4n) is 3.88. The van der Waals surface area contributed by atoms with E-state index in [0.29, 0.717) is 34.5 Å². The first-order valence-corrected chi connectivity index (χ1v) is 15.6. The van der Waals surface area contributed by atoms with E-state index in [4.69, 9.17) is 27.1 Å². The molecule has 8 heteroatoms. The summed E-state index contributed by atoms with van der Waals surface area (Å²) < 4.78 is 36.9. The highest BCUT2D eigenvalue weighted by molar-refractivity contribution is 7.43. The second kappa shape index (κ2) is 14.1. The molecule has 0 aliphatic heterocycles. The maximum Gasteiger partial charge on any atom is 0.530 e. The predicted molar refractivity (Wildman–Crippen MR) is 169 cm³/mol. The van der Waals surface area contributed by atoms with Crippen molar-refractivity contribution in [2.45, 2.75) is 27.7 Å². The zero-order chi connectivity index (χ0) is 29.3. The van der Waals surface area contributed by atoms with Crippen LogP contribution in [0.5, 0.6) is 34.5 Å². The van der Waals surface area contributed by atoms with Crippen LogP contribution in [-0.4, -0.2) is 0 Å². The Morgan fingerprint density at radius 3 is 0.786 bits per heavy atom. The van der Waals surface area contributed by atoms with Crippen molar-refractivity contribution in [1.29, 1.82) is 0 Å². The third kappa shape index (κ3) is 8.88. The lowest BCUT2D eigenvalue weighted by molar-refractivity contribution is 0.382. The highest BCUT2D eigenvalue weighted by atomic mass is 31.2. The molecule has 0 atom stereocenters. The van der Waals surface area contributed by atoms with Crippen LogP contribution >= 0.6 is 17.2 Å². The van der Waals surface area contributed by atoms with Crippen LogP contribution in [0, 0.1) is 27.7 Å². The fourth-order valence-corrected chi connectivity index (χ4v) is 5.83.